The zero-order chi connectivity index (χ0) is 42.8. The zero-order valence-corrected chi connectivity index (χ0v) is 38.2. The van der Waals surface area contributed by atoms with Crippen LogP contribution in [0.1, 0.15) is 213 Å². The van der Waals surface area contributed by atoms with Crippen LogP contribution in [0.25, 0.3) is 0 Å². The van der Waals surface area contributed by atoms with E-state index in [9.17, 15) is 14.7 Å². The smallest absolute Gasteiger partial charge is 0.306 e. The second kappa shape index (κ2) is 49.2. The van der Waals surface area contributed by atoms with E-state index in [2.05, 4.69) is 111 Å². The van der Waals surface area contributed by atoms with Crippen molar-refractivity contribution >= 4 is 11.9 Å². The van der Waals surface area contributed by atoms with E-state index in [1.54, 1.807) is 0 Å². The topological polar surface area (TPSA) is 72.8 Å². The number of hydrogen-bond donors (Lipinski definition) is 1. The Bertz CT molecular complexity index is 1150. The summed E-state index contributed by atoms with van der Waals surface area (Å²) in [5.41, 5.74) is 0. The highest BCUT2D eigenvalue weighted by atomic mass is 16.6. The molecule has 0 heterocycles. The molecule has 0 fully saturated rings. The number of allylic oxidation sites excluding steroid dienone is 16. The first kappa shape index (κ1) is 55.8. The molecule has 0 aromatic rings. The first-order valence-corrected chi connectivity index (χ1v) is 24.3. The number of rotatable bonds is 43. The fourth-order valence-corrected chi connectivity index (χ4v) is 6.51. The maximum atomic E-state index is 12.2. The van der Waals surface area contributed by atoms with Gasteiger partial charge in [-0.3, -0.25) is 9.59 Å². The SMILES string of the molecule is CC/C=C\C/C=C\C/C=C\C/C=C\C/C=C\C/C=C\C/C=C\C/C=C\CCCCCCCCCCCCC(=O)OC(CO)COC(=O)CCCCCCCCCCCC. The Morgan fingerprint density at radius 1 is 0.407 bits per heavy atom. The number of unbranched alkanes of at least 4 members (excludes halogenated alkanes) is 19. The van der Waals surface area contributed by atoms with Crippen LogP contribution in [0, 0.1) is 0 Å². The third kappa shape index (κ3) is 47.4. The van der Waals surface area contributed by atoms with Crippen LogP contribution in [0.4, 0.5) is 0 Å². The van der Waals surface area contributed by atoms with Crippen LogP contribution in [0.5, 0.6) is 0 Å². The largest absolute Gasteiger partial charge is 0.462 e. The summed E-state index contributed by atoms with van der Waals surface area (Å²) < 4.78 is 10.6. The van der Waals surface area contributed by atoms with Gasteiger partial charge in [-0.05, 0) is 77.0 Å². The van der Waals surface area contributed by atoms with E-state index >= 15 is 0 Å². The second-order valence-corrected chi connectivity index (χ2v) is 15.8. The third-order valence-corrected chi connectivity index (χ3v) is 10.1. The number of aliphatic hydroxyl groups is 1. The van der Waals surface area contributed by atoms with Crippen LogP contribution >= 0.6 is 0 Å². The molecule has 0 aliphatic carbocycles. The van der Waals surface area contributed by atoms with Gasteiger partial charge in [0.1, 0.15) is 6.61 Å². The van der Waals surface area contributed by atoms with Crippen molar-refractivity contribution < 1.29 is 24.2 Å². The van der Waals surface area contributed by atoms with Crippen LogP contribution in [0.15, 0.2) is 97.2 Å². The van der Waals surface area contributed by atoms with Gasteiger partial charge < -0.3 is 14.6 Å². The molecule has 0 aliphatic rings. The minimum absolute atomic E-state index is 0.0695. The molecule has 0 amide bonds. The van der Waals surface area contributed by atoms with Crippen LogP contribution in [0.2, 0.25) is 0 Å². The lowest BCUT2D eigenvalue weighted by molar-refractivity contribution is -0.161. The molecule has 0 rings (SSSR count). The summed E-state index contributed by atoms with van der Waals surface area (Å²) in [6, 6.07) is 0. The van der Waals surface area contributed by atoms with Crippen molar-refractivity contribution in [3.8, 4) is 0 Å². The van der Waals surface area contributed by atoms with Crippen molar-refractivity contribution in [3.63, 3.8) is 0 Å². The van der Waals surface area contributed by atoms with E-state index in [1.165, 1.54) is 96.3 Å². The number of carbonyl (C=O) groups is 2. The van der Waals surface area contributed by atoms with Crippen molar-refractivity contribution in [1.29, 1.82) is 0 Å². The molecule has 1 atom stereocenters. The third-order valence-electron chi connectivity index (χ3n) is 10.1. The molecule has 336 valence electrons. The first-order valence-electron chi connectivity index (χ1n) is 24.3. The highest BCUT2D eigenvalue weighted by Crippen LogP contribution is 2.14. The first-order chi connectivity index (χ1) is 29.1. The van der Waals surface area contributed by atoms with E-state index in [4.69, 9.17) is 9.47 Å². The van der Waals surface area contributed by atoms with Gasteiger partial charge in [0.15, 0.2) is 6.10 Å². The predicted octanol–water partition coefficient (Wildman–Crippen LogP) is 16.0. The van der Waals surface area contributed by atoms with Crippen molar-refractivity contribution in [1.82, 2.24) is 0 Å². The monoisotopic (exact) mass is 819 g/mol. The molecular formula is C54H90O5. The molecule has 1 N–H and O–H groups in total. The summed E-state index contributed by atoms with van der Waals surface area (Å²) in [6.07, 6.45) is 69.3. The predicted molar refractivity (Wildman–Crippen MR) is 256 cm³/mol. The molecule has 0 aromatic carbocycles. The van der Waals surface area contributed by atoms with E-state index in [0.29, 0.717) is 12.8 Å². The van der Waals surface area contributed by atoms with Crippen molar-refractivity contribution in [2.45, 2.75) is 219 Å². The summed E-state index contributed by atoms with van der Waals surface area (Å²) >= 11 is 0. The van der Waals surface area contributed by atoms with Gasteiger partial charge in [0, 0.05) is 12.8 Å². The summed E-state index contributed by atoms with van der Waals surface area (Å²) in [7, 11) is 0. The fraction of sp³-hybridized carbons (Fsp3) is 0.667. The Labute approximate surface area is 364 Å². The average molecular weight is 819 g/mol. The molecule has 0 aromatic heterocycles. The second-order valence-electron chi connectivity index (χ2n) is 15.8. The molecule has 1 unspecified atom stereocenters. The Hall–Kier alpha value is -3.18. The highest BCUT2D eigenvalue weighted by Gasteiger charge is 2.16. The molecule has 0 spiro atoms. The van der Waals surface area contributed by atoms with Crippen molar-refractivity contribution in [2.24, 2.45) is 0 Å². The normalized spacial score (nSPS) is 13.1. The summed E-state index contributed by atoms with van der Waals surface area (Å²) in [6.45, 7) is 4.00. The number of hydrogen-bond acceptors (Lipinski definition) is 5. The quantitative estimate of drug-likeness (QED) is 0.0377. The molecule has 0 saturated heterocycles. The molecule has 0 saturated carbocycles. The number of ether oxygens (including phenoxy) is 2. The Morgan fingerprint density at radius 2 is 0.729 bits per heavy atom. The van der Waals surface area contributed by atoms with Crippen LogP contribution in [0.3, 0.4) is 0 Å². The lowest BCUT2D eigenvalue weighted by Crippen LogP contribution is -2.28. The van der Waals surface area contributed by atoms with E-state index in [0.717, 1.165) is 89.9 Å². The van der Waals surface area contributed by atoms with E-state index < -0.39 is 6.10 Å². The molecule has 59 heavy (non-hydrogen) atoms. The van der Waals surface area contributed by atoms with Gasteiger partial charge in [-0.2, -0.15) is 0 Å². The number of carbonyl (C=O) groups excluding carboxylic acids is 2. The zero-order valence-electron chi connectivity index (χ0n) is 38.2. The van der Waals surface area contributed by atoms with Gasteiger partial charge in [-0.25, -0.2) is 0 Å². The molecule has 0 bridgehead atoms. The molecule has 5 nitrogen and oxygen atoms in total. The molecule has 0 aliphatic heterocycles. The van der Waals surface area contributed by atoms with E-state index in [1.807, 2.05) is 0 Å². The van der Waals surface area contributed by atoms with Crippen LogP contribution < -0.4 is 0 Å². The van der Waals surface area contributed by atoms with Crippen molar-refractivity contribution in [2.75, 3.05) is 13.2 Å². The molecule has 5 heteroatoms. The Kier molecular flexibility index (Phi) is 46.5. The maximum Gasteiger partial charge on any atom is 0.306 e. The number of esters is 2. The summed E-state index contributed by atoms with van der Waals surface area (Å²) in [5.74, 6) is -0.600. The molecule has 0 radical (unpaired) electrons. The van der Waals surface area contributed by atoms with Crippen LogP contribution in [-0.4, -0.2) is 36.4 Å². The van der Waals surface area contributed by atoms with Gasteiger partial charge in [0.2, 0.25) is 0 Å². The van der Waals surface area contributed by atoms with Gasteiger partial charge >= 0.3 is 11.9 Å². The van der Waals surface area contributed by atoms with Crippen LogP contribution in [-0.2, 0) is 19.1 Å². The standard InChI is InChI=1S/C54H90O5/c1-3-5-7-9-11-13-15-16-17-18-19-20-21-22-23-24-25-26-27-28-29-30-31-32-33-34-35-36-37-38-39-41-43-45-47-49-54(57)59-52(50-55)51-58-53(56)48-46-44-42-40-14-12-10-8-6-4-2/h5,7,11,13,16-17,19-20,22-23,25-26,28-29,31-32,52,55H,3-4,6,8-10,12,14-15,18,21,24,27,30,33-51H2,1-2H3/b7-5-,13-11-,17-16-,20-19-,23-22-,26-25-,29-28-,32-31-. The minimum Gasteiger partial charge on any atom is -0.462 e. The van der Waals surface area contributed by atoms with Crippen molar-refractivity contribution in [3.05, 3.63) is 97.2 Å². The van der Waals surface area contributed by atoms with Gasteiger partial charge in [-0.15, -0.1) is 0 Å². The minimum atomic E-state index is -0.776. The summed E-state index contributed by atoms with van der Waals surface area (Å²) in [4.78, 5) is 24.3. The Balaban J connectivity index is 3.56. The average Bonchev–Trinajstić information content (AvgIpc) is 3.24. The van der Waals surface area contributed by atoms with Gasteiger partial charge in [-0.1, -0.05) is 220 Å². The van der Waals surface area contributed by atoms with Gasteiger partial charge in [0.05, 0.1) is 6.61 Å². The number of aliphatic hydroxyl groups excluding tert-OH is 1. The highest BCUT2D eigenvalue weighted by molar-refractivity contribution is 5.70. The Morgan fingerprint density at radius 3 is 1.10 bits per heavy atom. The van der Waals surface area contributed by atoms with Gasteiger partial charge in [0.25, 0.3) is 0 Å². The van der Waals surface area contributed by atoms with E-state index in [-0.39, 0.29) is 25.2 Å². The lowest BCUT2D eigenvalue weighted by atomic mass is 10.0. The fourth-order valence-electron chi connectivity index (χ4n) is 6.51. The summed E-state index contributed by atoms with van der Waals surface area (Å²) in [5, 5.41) is 9.57. The maximum absolute atomic E-state index is 12.2. The molecular weight excluding hydrogens is 729 g/mol. The lowest BCUT2D eigenvalue weighted by Gasteiger charge is -2.15.